The number of hydrogen-bond donors (Lipinski definition) is 1. The van der Waals surface area contributed by atoms with E-state index < -0.39 is 22.4 Å². The van der Waals surface area contributed by atoms with Crippen LogP contribution in [0, 0.1) is 5.92 Å². The second-order valence-electron chi connectivity index (χ2n) is 6.43. The highest BCUT2D eigenvalue weighted by molar-refractivity contribution is 7.90. The van der Waals surface area contributed by atoms with Gasteiger partial charge in [0.2, 0.25) is 0 Å². The van der Waals surface area contributed by atoms with E-state index in [0.29, 0.717) is 5.92 Å². The number of benzene rings is 1. The van der Waals surface area contributed by atoms with E-state index in [9.17, 15) is 18.0 Å². The lowest BCUT2D eigenvalue weighted by molar-refractivity contribution is -0.125. The Balaban J connectivity index is 1.97. The van der Waals surface area contributed by atoms with Gasteiger partial charge in [0.15, 0.2) is 16.4 Å². The van der Waals surface area contributed by atoms with Crippen molar-refractivity contribution < 1.29 is 22.7 Å². The van der Waals surface area contributed by atoms with Crippen molar-refractivity contribution >= 4 is 33.3 Å². The van der Waals surface area contributed by atoms with Crippen molar-refractivity contribution in [2.75, 3.05) is 12.9 Å². The van der Waals surface area contributed by atoms with Gasteiger partial charge in [-0.1, -0.05) is 31.4 Å². The highest BCUT2D eigenvalue weighted by Gasteiger charge is 2.23. The highest BCUT2D eigenvalue weighted by Crippen LogP contribution is 2.24. The second kappa shape index (κ2) is 8.19. The van der Waals surface area contributed by atoms with Crippen molar-refractivity contribution in [2.45, 2.75) is 43.5 Å². The van der Waals surface area contributed by atoms with Crippen LogP contribution >= 0.6 is 11.6 Å². The summed E-state index contributed by atoms with van der Waals surface area (Å²) in [5.74, 6) is -0.806. The lowest BCUT2D eigenvalue weighted by Gasteiger charge is -2.29. The molecule has 0 saturated heterocycles. The van der Waals surface area contributed by atoms with Crippen molar-refractivity contribution in [2.24, 2.45) is 5.92 Å². The molecular formula is C17H22ClNO5S. The van der Waals surface area contributed by atoms with Crippen LogP contribution in [-0.4, -0.2) is 39.2 Å². The van der Waals surface area contributed by atoms with Crippen molar-refractivity contribution in [3.05, 3.63) is 28.8 Å². The molecule has 0 aliphatic heterocycles. The molecule has 2 atom stereocenters. The van der Waals surface area contributed by atoms with Gasteiger partial charge in [0, 0.05) is 12.3 Å². The van der Waals surface area contributed by atoms with Gasteiger partial charge in [0.1, 0.15) is 0 Å². The molecule has 2 rings (SSSR count). The van der Waals surface area contributed by atoms with E-state index in [-0.39, 0.29) is 27.4 Å². The smallest absolute Gasteiger partial charge is 0.340 e. The fourth-order valence-electron chi connectivity index (χ4n) is 2.88. The molecule has 138 valence electrons. The summed E-state index contributed by atoms with van der Waals surface area (Å²) in [7, 11) is -3.48. The Kier molecular flexibility index (Phi) is 6.46. The SMILES string of the molecule is C[C@H]1CCCC[C@H]1NC(=O)COC(=O)c1cc(S(C)(=O)=O)ccc1Cl. The number of amides is 1. The van der Waals surface area contributed by atoms with E-state index in [0.717, 1.165) is 38.0 Å². The maximum absolute atomic E-state index is 12.1. The van der Waals surface area contributed by atoms with Gasteiger partial charge in [-0.15, -0.1) is 0 Å². The van der Waals surface area contributed by atoms with E-state index >= 15 is 0 Å². The molecule has 0 unspecified atom stereocenters. The van der Waals surface area contributed by atoms with Crippen LogP contribution in [0.4, 0.5) is 0 Å². The number of nitrogens with one attached hydrogen (secondary N) is 1. The monoisotopic (exact) mass is 387 g/mol. The summed E-state index contributed by atoms with van der Waals surface area (Å²) in [6, 6.07) is 3.88. The molecule has 1 saturated carbocycles. The van der Waals surface area contributed by atoms with Gasteiger partial charge >= 0.3 is 5.97 Å². The maximum Gasteiger partial charge on any atom is 0.340 e. The van der Waals surface area contributed by atoms with Crippen molar-refractivity contribution in [3.8, 4) is 0 Å². The average molecular weight is 388 g/mol. The third kappa shape index (κ3) is 5.44. The first-order valence-corrected chi connectivity index (χ1v) is 10.4. The molecule has 1 N–H and O–H groups in total. The number of hydrogen-bond acceptors (Lipinski definition) is 5. The zero-order chi connectivity index (χ0) is 18.6. The molecule has 1 aliphatic rings. The first kappa shape index (κ1) is 19.7. The predicted molar refractivity (Wildman–Crippen MR) is 94.4 cm³/mol. The number of esters is 1. The minimum atomic E-state index is -3.48. The molecule has 25 heavy (non-hydrogen) atoms. The van der Waals surface area contributed by atoms with Crippen LogP contribution in [0.3, 0.4) is 0 Å². The number of carbonyl (C=O) groups excluding carboxylic acids is 2. The molecule has 0 radical (unpaired) electrons. The molecule has 0 bridgehead atoms. The molecule has 1 fully saturated rings. The van der Waals surface area contributed by atoms with E-state index in [1.54, 1.807) is 0 Å². The normalized spacial score (nSPS) is 20.8. The summed E-state index contributed by atoms with van der Waals surface area (Å²) in [6.07, 6.45) is 5.26. The third-order valence-corrected chi connectivity index (χ3v) is 5.82. The van der Waals surface area contributed by atoms with E-state index in [1.807, 2.05) is 0 Å². The van der Waals surface area contributed by atoms with Gasteiger partial charge in [0.05, 0.1) is 15.5 Å². The van der Waals surface area contributed by atoms with Gasteiger partial charge in [-0.2, -0.15) is 0 Å². The van der Waals surface area contributed by atoms with Crippen LogP contribution in [0.15, 0.2) is 23.1 Å². The first-order valence-electron chi connectivity index (χ1n) is 8.14. The summed E-state index contributed by atoms with van der Waals surface area (Å²) in [5.41, 5.74) is -0.0802. The fourth-order valence-corrected chi connectivity index (χ4v) is 3.72. The Labute approximate surface area is 152 Å². The van der Waals surface area contributed by atoms with Gasteiger partial charge in [-0.3, -0.25) is 4.79 Å². The number of carbonyl (C=O) groups is 2. The van der Waals surface area contributed by atoms with Crippen LogP contribution in [0.2, 0.25) is 5.02 Å². The van der Waals surface area contributed by atoms with Crippen molar-refractivity contribution in [1.29, 1.82) is 0 Å². The average Bonchev–Trinajstić information content (AvgIpc) is 2.54. The summed E-state index contributed by atoms with van der Waals surface area (Å²) < 4.78 is 28.1. The first-order chi connectivity index (χ1) is 11.7. The molecule has 1 aliphatic carbocycles. The lowest BCUT2D eigenvalue weighted by Crippen LogP contribution is -2.42. The van der Waals surface area contributed by atoms with Gasteiger partial charge < -0.3 is 10.1 Å². The standard InChI is InChI=1S/C17H22ClNO5S/c1-11-5-3-4-6-15(11)19-16(20)10-24-17(21)13-9-12(25(2,22)23)7-8-14(13)18/h7-9,11,15H,3-6,10H2,1-2H3,(H,19,20)/t11-,15+/m0/s1. The Morgan fingerprint density at radius 2 is 1.96 bits per heavy atom. The Bertz CT molecular complexity index is 762. The van der Waals surface area contributed by atoms with Crippen molar-refractivity contribution in [3.63, 3.8) is 0 Å². The number of ether oxygens (including phenoxy) is 1. The topological polar surface area (TPSA) is 89.5 Å². The highest BCUT2D eigenvalue weighted by atomic mass is 35.5. The minimum absolute atomic E-state index is 0.0377. The van der Waals surface area contributed by atoms with Crippen LogP contribution in [0.25, 0.3) is 0 Å². The number of sulfone groups is 1. The predicted octanol–water partition coefficient (Wildman–Crippen LogP) is 2.60. The van der Waals surface area contributed by atoms with Crippen LogP contribution in [-0.2, 0) is 19.4 Å². The van der Waals surface area contributed by atoms with E-state index in [4.69, 9.17) is 16.3 Å². The van der Waals surface area contributed by atoms with E-state index in [2.05, 4.69) is 12.2 Å². The van der Waals surface area contributed by atoms with E-state index in [1.165, 1.54) is 12.1 Å². The minimum Gasteiger partial charge on any atom is -0.452 e. The third-order valence-electron chi connectivity index (χ3n) is 4.38. The van der Waals surface area contributed by atoms with Gasteiger partial charge in [-0.05, 0) is 37.0 Å². The number of rotatable bonds is 5. The van der Waals surface area contributed by atoms with Crippen LogP contribution < -0.4 is 5.32 Å². The molecule has 0 heterocycles. The van der Waals surface area contributed by atoms with Crippen molar-refractivity contribution in [1.82, 2.24) is 5.32 Å². The molecule has 0 aromatic heterocycles. The maximum atomic E-state index is 12.1. The fraction of sp³-hybridized carbons (Fsp3) is 0.529. The summed E-state index contributed by atoms with van der Waals surface area (Å²) in [6.45, 7) is 1.66. The van der Waals surface area contributed by atoms with Crippen LogP contribution in [0.5, 0.6) is 0 Å². The molecule has 0 spiro atoms. The van der Waals surface area contributed by atoms with Gasteiger partial charge in [0.25, 0.3) is 5.91 Å². The molecule has 8 heteroatoms. The van der Waals surface area contributed by atoms with Gasteiger partial charge in [-0.25, -0.2) is 13.2 Å². The molecule has 1 aromatic carbocycles. The largest absolute Gasteiger partial charge is 0.452 e. The zero-order valence-corrected chi connectivity index (χ0v) is 15.8. The quantitative estimate of drug-likeness (QED) is 0.784. The Morgan fingerprint density at radius 1 is 1.28 bits per heavy atom. The molecule has 1 aromatic rings. The molecular weight excluding hydrogens is 366 g/mol. The lowest BCUT2D eigenvalue weighted by atomic mass is 9.86. The summed E-state index contributed by atoms with van der Waals surface area (Å²) in [5, 5.41) is 2.95. The molecule has 6 nitrogen and oxygen atoms in total. The second-order valence-corrected chi connectivity index (χ2v) is 8.85. The Hall–Kier alpha value is -1.60. The zero-order valence-electron chi connectivity index (χ0n) is 14.2. The van der Waals surface area contributed by atoms with Crippen LogP contribution in [0.1, 0.15) is 43.0 Å². The summed E-state index contributed by atoms with van der Waals surface area (Å²) in [4.78, 5) is 24.1. The summed E-state index contributed by atoms with van der Waals surface area (Å²) >= 11 is 5.94. The molecule has 1 amide bonds. The Morgan fingerprint density at radius 3 is 2.60 bits per heavy atom. The number of halogens is 1.